The van der Waals surface area contributed by atoms with Gasteiger partial charge in [0.05, 0.1) is 19.1 Å². The maximum atomic E-state index is 15.6. The molecule has 2 aliphatic heterocycles. The van der Waals surface area contributed by atoms with E-state index in [9.17, 15) is 53.1 Å². The summed E-state index contributed by atoms with van der Waals surface area (Å²) >= 11 is 0. The number of amides is 13. The van der Waals surface area contributed by atoms with Crippen molar-refractivity contribution < 1.29 is 67.4 Å². The summed E-state index contributed by atoms with van der Waals surface area (Å²) in [6.45, 7) is 11.3. The monoisotopic (exact) mass is 1450 g/mol. The lowest BCUT2D eigenvalue weighted by Crippen LogP contribution is -2.62. The van der Waals surface area contributed by atoms with Crippen LogP contribution in [0.5, 0.6) is 0 Å². The summed E-state index contributed by atoms with van der Waals surface area (Å²) in [7, 11) is 9.58. The Bertz CT molecular complexity index is 3640. The third-order valence-electron chi connectivity index (χ3n) is 19.9. The van der Waals surface area contributed by atoms with E-state index < -0.39 is 163 Å². The molecule has 4 aromatic carbocycles. The van der Waals surface area contributed by atoms with Crippen LogP contribution in [-0.4, -0.2) is 263 Å². The van der Waals surface area contributed by atoms with Gasteiger partial charge in [-0.1, -0.05) is 149 Å². The number of benzene rings is 4. The Hall–Kier alpha value is -10.0. The topological polar surface area (TPSA) is 328 Å². The number of hydrogen-bond donors (Lipinski definition) is 6. The number of carbonyl (C=O) groups is 13. The molecule has 570 valence electrons. The summed E-state index contributed by atoms with van der Waals surface area (Å²) < 4.78 is 0. The fourth-order valence-corrected chi connectivity index (χ4v) is 12.9. The number of hydrogen-bond acceptors (Lipinski definition) is 14. The van der Waals surface area contributed by atoms with Crippen LogP contribution in [0.3, 0.4) is 0 Å². The lowest BCUT2D eigenvalue weighted by Gasteiger charge is -2.37. The molecular formula is C78H109N13O14. The molecule has 13 amide bonds. The standard InChI is InChI=1S/C78H109N13O14/c1-49(2)42-61-76(103)87(11)59(43-54-30-20-15-21-31-54)70(97)79-48-66(95)86(10)62(45-56-34-24-17-25-35-56)75(102)85(9)52(6)69(96)83-68(53(7)92)72(99)81-58(47-65(94)84(8)41-38-64(93)82-67(50(3)4)78(105)90(61)14)74(101)89(13)63(46-57-36-26-18-27-37-57)77(104)88(12)60(44-55-32-22-16-23-33-55)71(98)80-51(5)73(100)91-39-28-19-29-40-91/h15-18,20-27,30-37,49-53,58-63,67-68,92H,19,28-29,38-48H2,1-14H3,(H,79,97)(H,80,98)(H,81,99)(H,82,93)(H,83,96)/t51-,52-,53+,58-,59-,60-,61-,62-,63-,67-,68-/m0/s1. The fraction of sp³-hybridized carbons (Fsp3) is 0.526. The van der Waals surface area contributed by atoms with Gasteiger partial charge in [0.2, 0.25) is 76.8 Å². The van der Waals surface area contributed by atoms with Gasteiger partial charge >= 0.3 is 0 Å². The minimum Gasteiger partial charge on any atom is -0.391 e. The highest BCUT2D eigenvalue weighted by Crippen LogP contribution is 2.23. The quantitative estimate of drug-likeness (QED) is 0.0786. The first-order valence-corrected chi connectivity index (χ1v) is 36.2. The third-order valence-corrected chi connectivity index (χ3v) is 19.9. The summed E-state index contributed by atoms with van der Waals surface area (Å²) in [6, 6.07) is 21.2. The van der Waals surface area contributed by atoms with Crippen LogP contribution in [-0.2, 0) is 88.0 Å². The largest absolute Gasteiger partial charge is 0.391 e. The molecule has 6 rings (SSSR count). The normalized spacial score (nSPS) is 22.1. The zero-order valence-electron chi connectivity index (χ0n) is 63.3. The van der Waals surface area contributed by atoms with Crippen molar-refractivity contribution in [3.63, 3.8) is 0 Å². The maximum absolute atomic E-state index is 15.6. The second kappa shape index (κ2) is 39.7. The second-order valence-electron chi connectivity index (χ2n) is 28.6. The minimum absolute atomic E-state index is 0.0182. The Kier molecular flexibility index (Phi) is 31.7. The number of carbonyl (C=O) groups excluding carboxylic acids is 13. The Labute approximate surface area is 617 Å². The van der Waals surface area contributed by atoms with Gasteiger partial charge in [0.25, 0.3) is 0 Å². The third kappa shape index (κ3) is 23.5. The maximum Gasteiger partial charge on any atom is 0.246 e. The molecule has 11 atom stereocenters. The molecule has 0 unspecified atom stereocenters. The van der Waals surface area contributed by atoms with Crippen LogP contribution >= 0.6 is 0 Å². The van der Waals surface area contributed by atoms with Crippen LogP contribution in [0.4, 0.5) is 0 Å². The van der Waals surface area contributed by atoms with Crippen molar-refractivity contribution in [2.75, 3.05) is 75.5 Å². The molecule has 2 heterocycles. The molecule has 0 saturated carbocycles. The first-order valence-electron chi connectivity index (χ1n) is 36.2. The number of nitrogens with one attached hydrogen (secondary N) is 5. The lowest BCUT2D eigenvalue weighted by molar-refractivity contribution is -0.150. The van der Waals surface area contributed by atoms with Crippen LogP contribution in [0.1, 0.15) is 109 Å². The number of nitrogens with zero attached hydrogens (tertiary/aromatic N) is 8. The Morgan fingerprint density at radius 2 is 1.03 bits per heavy atom. The van der Waals surface area contributed by atoms with Gasteiger partial charge < -0.3 is 70.9 Å². The minimum atomic E-state index is -1.90. The average molecular weight is 1450 g/mol. The van der Waals surface area contributed by atoms with Gasteiger partial charge in [-0.3, -0.25) is 62.3 Å². The van der Waals surface area contributed by atoms with Crippen LogP contribution in [0.25, 0.3) is 0 Å². The van der Waals surface area contributed by atoms with Gasteiger partial charge in [0.15, 0.2) is 0 Å². The van der Waals surface area contributed by atoms with Crippen LogP contribution in [0.15, 0.2) is 121 Å². The van der Waals surface area contributed by atoms with Crippen LogP contribution in [0.2, 0.25) is 0 Å². The predicted octanol–water partition coefficient (Wildman–Crippen LogP) is 2.36. The Morgan fingerprint density at radius 1 is 0.533 bits per heavy atom. The number of aliphatic hydroxyl groups is 1. The molecule has 0 bridgehead atoms. The molecule has 27 heteroatoms. The molecule has 105 heavy (non-hydrogen) atoms. The second-order valence-corrected chi connectivity index (χ2v) is 28.6. The van der Waals surface area contributed by atoms with Crippen LogP contribution in [0, 0.1) is 11.8 Å². The highest BCUT2D eigenvalue weighted by molar-refractivity contribution is 6.00. The van der Waals surface area contributed by atoms with Gasteiger partial charge in [-0.15, -0.1) is 0 Å². The number of likely N-dealkylation sites (N-methyl/N-ethyl adjacent to an activating group) is 6. The molecule has 6 N–H and O–H groups in total. The number of rotatable bonds is 19. The van der Waals surface area contributed by atoms with E-state index in [0.29, 0.717) is 35.3 Å². The molecule has 0 radical (unpaired) electrons. The van der Waals surface area contributed by atoms with Crippen molar-refractivity contribution in [1.29, 1.82) is 0 Å². The van der Waals surface area contributed by atoms with Gasteiger partial charge in [-0.25, -0.2) is 0 Å². The molecule has 0 aliphatic carbocycles. The van der Waals surface area contributed by atoms with E-state index in [1.54, 1.807) is 147 Å². The smallest absolute Gasteiger partial charge is 0.246 e. The predicted molar refractivity (Wildman–Crippen MR) is 395 cm³/mol. The molecule has 0 aromatic heterocycles. The summed E-state index contributed by atoms with van der Waals surface area (Å²) in [5.74, 6) is -10.6. The van der Waals surface area contributed by atoms with Gasteiger partial charge in [0, 0.05) is 101 Å². The van der Waals surface area contributed by atoms with Crippen molar-refractivity contribution in [1.82, 2.24) is 65.8 Å². The van der Waals surface area contributed by atoms with E-state index in [-0.39, 0.29) is 50.5 Å². The lowest BCUT2D eigenvalue weighted by atomic mass is 9.96. The number of likely N-dealkylation sites (tertiary alicyclic amines) is 1. The molecular weight excluding hydrogens is 1340 g/mol. The molecule has 2 saturated heterocycles. The highest BCUT2D eigenvalue weighted by atomic mass is 16.3. The first-order chi connectivity index (χ1) is 49.7. The summed E-state index contributed by atoms with van der Waals surface area (Å²) in [5, 5.41) is 24.8. The van der Waals surface area contributed by atoms with Crippen molar-refractivity contribution >= 4 is 76.8 Å². The summed E-state index contributed by atoms with van der Waals surface area (Å²) in [4.78, 5) is 202. The molecule has 4 aromatic rings. The Morgan fingerprint density at radius 3 is 1.54 bits per heavy atom. The van der Waals surface area contributed by atoms with Crippen LogP contribution < -0.4 is 26.6 Å². The van der Waals surface area contributed by atoms with E-state index in [1.807, 2.05) is 13.8 Å². The first kappa shape index (κ1) is 83.9. The van der Waals surface area contributed by atoms with Crippen molar-refractivity contribution in [3.05, 3.63) is 144 Å². The van der Waals surface area contributed by atoms with Crippen molar-refractivity contribution in [2.45, 2.75) is 179 Å². The number of aliphatic hydroxyl groups excluding tert-OH is 1. The SMILES string of the molecule is CC(C)C[C@H]1C(=O)N(C)[C@@H](Cc2ccccc2)C(=O)NCC(=O)N(C)[C@@H](Cc2ccccc2)C(=O)N(C)[C@@H](C)C(=O)N[C@@H]([C@@H](C)O)C(=O)N[C@H](C(=O)N(C)[C@@H](Cc2ccccc2)C(=O)N(C)[C@@H](Cc2ccccc2)C(=O)N[C@@H](C)C(=O)N2CCCCC2)CC(=O)N(C)CCC(=O)N[C@@H](C(C)C)C(=O)N1C. The zero-order chi connectivity index (χ0) is 77.5. The zero-order valence-corrected chi connectivity index (χ0v) is 63.3. The van der Waals surface area contributed by atoms with E-state index in [0.717, 1.165) is 38.9 Å². The van der Waals surface area contributed by atoms with Crippen molar-refractivity contribution in [3.8, 4) is 0 Å². The highest BCUT2D eigenvalue weighted by Gasteiger charge is 2.43. The van der Waals surface area contributed by atoms with Gasteiger partial charge in [0.1, 0.15) is 60.4 Å². The van der Waals surface area contributed by atoms with E-state index in [2.05, 4.69) is 26.6 Å². The Balaban J connectivity index is 1.41. The molecule has 2 fully saturated rings. The van der Waals surface area contributed by atoms with E-state index in [1.165, 1.54) is 77.9 Å². The molecule has 2 aliphatic rings. The van der Waals surface area contributed by atoms with Crippen molar-refractivity contribution in [2.24, 2.45) is 11.8 Å². The number of piperidine rings is 1. The van der Waals surface area contributed by atoms with E-state index >= 15 is 14.4 Å². The molecule has 27 nitrogen and oxygen atoms in total. The fourth-order valence-electron chi connectivity index (χ4n) is 12.9. The average Bonchev–Trinajstić information content (AvgIpc) is 0.839. The summed E-state index contributed by atoms with van der Waals surface area (Å²) in [5.41, 5.74) is 2.52. The molecule has 0 spiro atoms. The van der Waals surface area contributed by atoms with E-state index in [4.69, 9.17) is 0 Å². The van der Waals surface area contributed by atoms with Gasteiger partial charge in [-0.2, -0.15) is 0 Å². The summed E-state index contributed by atoms with van der Waals surface area (Å²) in [6.07, 6.45) is -0.523. The van der Waals surface area contributed by atoms with Gasteiger partial charge in [-0.05, 0) is 80.5 Å².